The molecule has 0 aromatic rings. The largest absolute Gasteiger partial charge is 0.300 e. The van der Waals surface area contributed by atoms with Crippen LogP contribution in [0.4, 0.5) is 0 Å². The monoisotopic (exact) mass is 276 g/mol. The molecule has 1 heterocycles. The first-order chi connectivity index (χ1) is 7.81. The molecule has 0 N–H and O–H groups in total. The maximum atomic E-state index is 11.5. The second-order valence-electron chi connectivity index (χ2n) is 4.28. The predicted octanol–water partition coefficient (Wildman–Crippen LogP) is 4.07. The molecule has 4 heteroatoms. The Morgan fingerprint density at radius 3 is 2.75 bits per heavy atom. The van der Waals surface area contributed by atoms with Gasteiger partial charge in [0.1, 0.15) is 5.78 Å². The lowest BCUT2D eigenvalue weighted by Crippen LogP contribution is -2.17. The summed E-state index contributed by atoms with van der Waals surface area (Å²) >= 11 is 9.81. The van der Waals surface area contributed by atoms with Gasteiger partial charge in [0.25, 0.3) is 0 Å². The van der Waals surface area contributed by atoms with Gasteiger partial charge in [0.2, 0.25) is 0 Å². The van der Waals surface area contributed by atoms with E-state index < -0.39 is 0 Å². The van der Waals surface area contributed by atoms with Crippen LogP contribution in [0.2, 0.25) is 0 Å². The van der Waals surface area contributed by atoms with Crippen LogP contribution in [0.5, 0.6) is 0 Å². The van der Waals surface area contributed by atoms with Crippen LogP contribution in [-0.4, -0.2) is 23.2 Å². The van der Waals surface area contributed by atoms with Crippen LogP contribution in [-0.2, 0) is 4.79 Å². The van der Waals surface area contributed by atoms with Crippen molar-refractivity contribution in [3.63, 3.8) is 0 Å². The summed E-state index contributed by atoms with van der Waals surface area (Å²) in [5.74, 6) is 4.05. The van der Waals surface area contributed by atoms with Crippen molar-refractivity contribution in [1.29, 1.82) is 0 Å². The molecular weight excluding hydrogens is 260 g/mol. The lowest BCUT2D eigenvalue weighted by atomic mass is 9.83. The summed E-state index contributed by atoms with van der Waals surface area (Å²) in [6.07, 6.45) is 4.77. The van der Waals surface area contributed by atoms with E-state index in [4.69, 9.17) is 11.6 Å². The molecule has 0 radical (unpaired) electrons. The molecule has 1 saturated carbocycles. The average Bonchev–Trinajstić information content (AvgIpc) is 2.79. The molecule has 0 bridgehead atoms. The summed E-state index contributed by atoms with van der Waals surface area (Å²) in [6.45, 7) is 0. The molecule has 1 atom stereocenters. The molecule has 0 spiro atoms. The smallest absolute Gasteiger partial charge is 0.133 e. The number of carbonyl (C=O) groups excluding carboxylic acids is 1. The number of ketones is 1. The van der Waals surface area contributed by atoms with E-state index in [0.29, 0.717) is 17.6 Å². The SMILES string of the molecule is O=C1CCCC(C(CCCl)=C2SCCS2)C1. The van der Waals surface area contributed by atoms with Crippen molar-refractivity contribution in [3.8, 4) is 0 Å². The molecule has 0 aromatic heterocycles. The van der Waals surface area contributed by atoms with E-state index in [-0.39, 0.29) is 0 Å². The summed E-state index contributed by atoms with van der Waals surface area (Å²) in [6, 6.07) is 0. The number of thioether (sulfide) groups is 2. The first kappa shape index (κ1) is 12.8. The van der Waals surface area contributed by atoms with E-state index in [1.54, 1.807) is 0 Å². The van der Waals surface area contributed by atoms with Gasteiger partial charge in [0.05, 0.1) is 0 Å². The van der Waals surface area contributed by atoms with Gasteiger partial charge in [0, 0.05) is 34.5 Å². The summed E-state index contributed by atoms with van der Waals surface area (Å²) < 4.78 is 1.47. The van der Waals surface area contributed by atoms with Crippen molar-refractivity contribution in [2.75, 3.05) is 17.4 Å². The van der Waals surface area contributed by atoms with E-state index in [1.165, 1.54) is 27.7 Å². The fourth-order valence-corrected chi connectivity index (χ4v) is 5.38. The van der Waals surface area contributed by atoms with Gasteiger partial charge in [-0.2, -0.15) is 0 Å². The molecule has 2 aliphatic rings. The van der Waals surface area contributed by atoms with Crippen molar-refractivity contribution in [2.24, 2.45) is 5.92 Å². The van der Waals surface area contributed by atoms with Crippen LogP contribution in [0.25, 0.3) is 0 Å². The second-order valence-corrected chi connectivity index (χ2v) is 7.13. The number of hydrogen-bond acceptors (Lipinski definition) is 3. The number of allylic oxidation sites excluding steroid dienone is 1. The normalized spacial score (nSPS) is 26.2. The molecule has 0 aromatic carbocycles. The summed E-state index contributed by atoms with van der Waals surface area (Å²) in [5.41, 5.74) is 1.48. The number of carbonyl (C=O) groups is 1. The Morgan fingerprint density at radius 1 is 1.38 bits per heavy atom. The minimum absolute atomic E-state index is 0.442. The van der Waals surface area contributed by atoms with Crippen LogP contribution in [0.3, 0.4) is 0 Å². The molecule has 2 fully saturated rings. The third-order valence-corrected chi connectivity index (χ3v) is 6.17. The van der Waals surface area contributed by atoms with Gasteiger partial charge >= 0.3 is 0 Å². The molecule has 1 nitrogen and oxygen atoms in total. The van der Waals surface area contributed by atoms with Gasteiger partial charge in [-0.3, -0.25) is 4.79 Å². The highest BCUT2D eigenvalue weighted by Gasteiger charge is 2.26. The van der Waals surface area contributed by atoms with Crippen molar-refractivity contribution in [1.82, 2.24) is 0 Å². The highest BCUT2D eigenvalue weighted by Crippen LogP contribution is 2.44. The quantitative estimate of drug-likeness (QED) is 0.724. The summed E-state index contributed by atoms with van der Waals surface area (Å²) in [5, 5.41) is 0. The molecule has 2 rings (SSSR count). The van der Waals surface area contributed by atoms with Gasteiger partial charge in [-0.25, -0.2) is 0 Å². The Labute approximate surface area is 111 Å². The zero-order chi connectivity index (χ0) is 11.4. The molecular formula is C12H17ClOS2. The second kappa shape index (κ2) is 6.36. The maximum Gasteiger partial charge on any atom is 0.133 e. The standard InChI is InChI=1S/C12H17ClOS2/c13-5-4-11(12-15-6-7-16-12)9-2-1-3-10(14)8-9/h9H,1-8H2. The molecule has 0 amide bonds. The Bertz CT molecular complexity index is 293. The van der Waals surface area contributed by atoms with Crippen molar-refractivity contribution in [3.05, 3.63) is 9.81 Å². The van der Waals surface area contributed by atoms with Gasteiger partial charge in [0.15, 0.2) is 0 Å². The van der Waals surface area contributed by atoms with E-state index >= 15 is 0 Å². The average molecular weight is 277 g/mol. The van der Waals surface area contributed by atoms with E-state index in [2.05, 4.69) is 0 Å². The Kier molecular flexibility index (Phi) is 5.11. The molecule has 1 aliphatic heterocycles. The number of Topliss-reactive ketones (excluding diaryl/α,β-unsaturated/α-hetero) is 1. The first-order valence-electron chi connectivity index (χ1n) is 5.87. The number of rotatable bonds is 3. The van der Waals surface area contributed by atoms with Gasteiger partial charge in [-0.15, -0.1) is 35.1 Å². The Morgan fingerprint density at radius 2 is 2.12 bits per heavy atom. The topological polar surface area (TPSA) is 17.1 Å². The van der Waals surface area contributed by atoms with Crippen LogP contribution >= 0.6 is 35.1 Å². The van der Waals surface area contributed by atoms with Crippen molar-refractivity contribution >= 4 is 40.9 Å². The van der Waals surface area contributed by atoms with E-state index in [9.17, 15) is 4.79 Å². The van der Waals surface area contributed by atoms with Gasteiger partial charge in [-0.05, 0) is 30.8 Å². The molecule has 1 saturated heterocycles. The zero-order valence-corrected chi connectivity index (χ0v) is 11.7. The van der Waals surface area contributed by atoms with E-state index in [1.807, 2.05) is 23.5 Å². The number of alkyl halides is 1. The third-order valence-electron chi connectivity index (χ3n) is 3.15. The molecule has 1 unspecified atom stereocenters. The fraction of sp³-hybridized carbons (Fsp3) is 0.750. The molecule has 16 heavy (non-hydrogen) atoms. The number of halogens is 1. The number of hydrogen-bond donors (Lipinski definition) is 0. The lowest BCUT2D eigenvalue weighted by Gasteiger charge is -2.24. The zero-order valence-electron chi connectivity index (χ0n) is 9.34. The Hall–Kier alpha value is 0.400. The minimum atomic E-state index is 0.442. The van der Waals surface area contributed by atoms with Gasteiger partial charge in [-0.1, -0.05) is 0 Å². The van der Waals surface area contributed by atoms with Crippen molar-refractivity contribution in [2.45, 2.75) is 32.1 Å². The highest BCUT2D eigenvalue weighted by molar-refractivity contribution is 8.25. The molecule has 1 aliphatic carbocycles. The summed E-state index contributed by atoms with van der Waals surface area (Å²) in [7, 11) is 0. The lowest BCUT2D eigenvalue weighted by molar-refractivity contribution is -0.121. The van der Waals surface area contributed by atoms with E-state index in [0.717, 1.165) is 25.7 Å². The first-order valence-corrected chi connectivity index (χ1v) is 8.38. The van der Waals surface area contributed by atoms with Crippen LogP contribution in [0.1, 0.15) is 32.1 Å². The van der Waals surface area contributed by atoms with Crippen LogP contribution in [0.15, 0.2) is 9.81 Å². The fourth-order valence-electron chi connectivity index (χ4n) is 2.39. The van der Waals surface area contributed by atoms with Crippen LogP contribution in [0, 0.1) is 5.92 Å². The molecule has 90 valence electrons. The highest BCUT2D eigenvalue weighted by atomic mass is 35.5. The predicted molar refractivity (Wildman–Crippen MR) is 74.2 cm³/mol. The summed E-state index contributed by atoms with van der Waals surface area (Å²) in [4.78, 5) is 11.5. The van der Waals surface area contributed by atoms with Crippen molar-refractivity contribution < 1.29 is 4.79 Å². The minimum Gasteiger partial charge on any atom is -0.300 e. The van der Waals surface area contributed by atoms with Crippen LogP contribution < -0.4 is 0 Å². The Balaban J connectivity index is 2.11. The third kappa shape index (κ3) is 3.21. The maximum absolute atomic E-state index is 11.5. The van der Waals surface area contributed by atoms with Gasteiger partial charge < -0.3 is 0 Å².